The lowest BCUT2D eigenvalue weighted by molar-refractivity contribution is -0.132. The van der Waals surface area contributed by atoms with Crippen molar-refractivity contribution in [3.05, 3.63) is 71.3 Å². The lowest BCUT2D eigenvalue weighted by atomic mass is 9.87. The van der Waals surface area contributed by atoms with Crippen LogP contribution in [-0.2, 0) is 4.79 Å². The molecule has 1 unspecified atom stereocenters. The standard InChI is InChI=1S/C21H22F2N2O3/c22-17-10-16(11-18(23)12-17)21(28)24-13-19(26)25-8-6-15(7-9-25)20(27)14-4-2-1-3-5-14/h1-5,10-12,15,20,27H,6-9,13H2,(H,24,28). The highest BCUT2D eigenvalue weighted by Gasteiger charge is 2.28. The minimum Gasteiger partial charge on any atom is -0.388 e. The van der Waals surface area contributed by atoms with Gasteiger partial charge in [0.1, 0.15) is 11.6 Å². The van der Waals surface area contributed by atoms with Crippen molar-refractivity contribution in [3.8, 4) is 0 Å². The molecule has 5 nitrogen and oxygen atoms in total. The number of carbonyl (C=O) groups is 2. The number of hydrogen-bond donors (Lipinski definition) is 2. The summed E-state index contributed by atoms with van der Waals surface area (Å²) < 4.78 is 26.4. The van der Waals surface area contributed by atoms with Crippen LogP contribution in [0.25, 0.3) is 0 Å². The fourth-order valence-corrected chi connectivity index (χ4v) is 3.44. The van der Waals surface area contributed by atoms with Gasteiger partial charge in [-0.15, -0.1) is 0 Å². The third-order valence-electron chi connectivity index (χ3n) is 5.00. The number of piperidine rings is 1. The highest BCUT2D eigenvalue weighted by molar-refractivity contribution is 5.96. The maximum Gasteiger partial charge on any atom is 0.251 e. The van der Waals surface area contributed by atoms with Crippen molar-refractivity contribution >= 4 is 11.8 Å². The molecule has 2 aromatic rings. The first kappa shape index (κ1) is 19.9. The quantitative estimate of drug-likeness (QED) is 0.828. The Morgan fingerprint density at radius 3 is 2.29 bits per heavy atom. The van der Waals surface area contributed by atoms with E-state index in [-0.39, 0.29) is 23.9 Å². The monoisotopic (exact) mass is 388 g/mol. The van der Waals surface area contributed by atoms with Crippen LogP contribution in [0.1, 0.15) is 34.9 Å². The number of aliphatic hydroxyl groups is 1. The van der Waals surface area contributed by atoms with Gasteiger partial charge in [-0.3, -0.25) is 9.59 Å². The highest BCUT2D eigenvalue weighted by atomic mass is 19.1. The van der Waals surface area contributed by atoms with E-state index >= 15 is 0 Å². The van der Waals surface area contributed by atoms with Gasteiger partial charge in [0.2, 0.25) is 5.91 Å². The highest BCUT2D eigenvalue weighted by Crippen LogP contribution is 2.30. The van der Waals surface area contributed by atoms with Crippen LogP contribution in [0.5, 0.6) is 0 Å². The molecular weight excluding hydrogens is 366 g/mol. The largest absolute Gasteiger partial charge is 0.388 e. The van der Waals surface area contributed by atoms with Gasteiger partial charge >= 0.3 is 0 Å². The molecule has 1 fully saturated rings. The number of halogens is 2. The molecule has 2 aromatic carbocycles. The minimum atomic E-state index is -0.851. The van der Waals surface area contributed by atoms with E-state index in [2.05, 4.69) is 5.32 Å². The van der Waals surface area contributed by atoms with Gasteiger partial charge in [-0.1, -0.05) is 30.3 Å². The number of aliphatic hydroxyl groups excluding tert-OH is 1. The van der Waals surface area contributed by atoms with Gasteiger partial charge in [0.05, 0.1) is 12.6 Å². The van der Waals surface area contributed by atoms with Crippen LogP contribution in [0.3, 0.4) is 0 Å². The van der Waals surface area contributed by atoms with Crippen molar-refractivity contribution < 1.29 is 23.5 Å². The zero-order chi connectivity index (χ0) is 20.1. The van der Waals surface area contributed by atoms with Gasteiger partial charge in [-0.25, -0.2) is 8.78 Å². The Labute approximate surface area is 162 Å². The summed E-state index contributed by atoms with van der Waals surface area (Å²) in [6, 6.07) is 11.9. The molecule has 1 atom stereocenters. The van der Waals surface area contributed by atoms with E-state index in [9.17, 15) is 23.5 Å². The smallest absolute Gasteiger partial charge is 0.251 e. The molecule has 3 rings (SSSR count). The predicted octanol–water partition coefficient (Wildman–Crippen LogP) is 2.67. The van der Waals surface area contributed by atoms with Crippen molar-refractivity contribution in [1.29, 1.82) is 0 Å². The summed E-state index contributed by atoms with van der Waals surface area (Å²) >= 11 is 0. The first-order valence-corrected chi connectivity index (χ1v) is 9.19. The Hall–Kier alpha value is -2.80. The second kappa shape index (κ2) is 8.93. The molecule has 1 aliphatic heterocycles. The fraction of sp³-hybridized carbons (Fsp3) is 0.333. The normalized spacial score (nSPS) is 15.9. The molecule has 0 bridgehead atoms. The molecule has 0 saturated carbocycles. The van der Waals surface area contributed by atoms with Gasteiger partial charge < -0.3 is 15.3 Å². The Kier molecular flexibility index (Phi) is 6.36. The van der Waals surface area contributed by atoms with E-state index in [1.807, 2.05) is 30.3 Å². The number of benzene rings is 2. The summed E-state index contributed by atoms with van der Waals surface area (Å²) in [6.07, 6.45) is 0.747. The minimum absolute atomic E-state index is 0.0660. The Morgan fingerprint density at radius 1 is 1.07 bits per heavy atom. The van der Waals surface area contributed by atoms with Gasteiger partial charge in [0, 0.05) is 24.7 Å². The fourth-order valence-electron chi connectivity index (χ4n) is 3.44. The molecule has 0 spiro atoms. The second-order valence-corrected chi connectivity index (χ2v) is 6.91. The van der Waals surface area contributed by atoms with E-state index in [1.54, 1.807) is 4.90 Å². The van der Waals surface area contributed by atoms with E-state index in [0.717, 1.165) is 17.7 Å². The van der Waals surface area contributed by atoms with Gasteiger partial charge in [-0.2, -0.15) is 0 Å². The lowest BCUT2D eigenvalue weighted by Gasteiger charge is -2.34. The zero-order valence-electron chi connectivity index (χ0n) is 15.3. The SMILES string of the molecule is O=C(NCC(=O)N1CCC(C(O)c2ccccc2)CC1)c1cc(F)cc(F)c1. The van der Waals surface area contributed by atoms with Crippen LogP contribution in [0.2, 0.25) is 0 Å². The number of likely N-dealkylation sites (tertiary alicyclic amines) is 1. The van der Waals surface area contributed by atoms with E-state index in [0.29, 0.717) is 32.0 Å². The number of rotatable bonds is 5. The van der Waals surface area contributed by atoms with Crippen molar-refractivity contribution in [2.24, 2.45) is 5.92 Å². The summed E-state index contributed by atoms with van der Waals surface area (Å²) in [7, 11) is 0. The first-order valence-electron chi connectivity index (χ1n) is 9.19. The van der Waals surface area contributed by atoms with Gasteiger partial charge in [0.25, 0.3) is 5.91 Å². The second-order valence-electron chi connectivity index (χ2n) is 6.91. The van der Waals surface area contributed by atoms with Gasteiger partial charge in [0.15, 0.2) is 0 Å². The molecular formula is C21H22F2N2O3. The van der Waals surface area contributed by atoms with Crippen molar-refractivity contribution in [2.45, 2.75) is 18.9 Å². The summed E-state index contributed by atoms with van der Waals surface area (Å²) in [6.45, 7) is 0.721. The van der Waals surface area contributed by atoms with Crippen LogP contribution in [-0.4, -0.2) is 41.5 Å². The van der Waals surface area contributed by atoms with Gasteiger partial charge in [-0.05, 0) is 36.5 Å². The molecule has 1 heterocycles. The summed E-state index contributed by atoms with van der Waals surface area (Å²) in [5, 5.41) is 12.9. The number of nitrogens with one attached hydrogen (secondary N) is 1. The third kappa shape index (κ3) is 4.92. The summed E-state index contributed by atoms with van der Waals surface area (Å²) in [5.74, 6) is -2.61. The van der Waals surface area contributed by atoms with Crippen molar-refractivity contribution in [2.75, 3.05) is 19.6 Å². The molecule has 2 N–H and O–H groups in total. The predicted molar refractivity (Wildman–Crippen MR) is 99.4 cm³/mol. The van der Waals surface area contributed by atoms with Crippen LogP contribution in [0, 0.1) is 17.6 Å². The average molecular weight is 388 g/mol. The van der Waals surface area contributed by atoms with E-state index in [4.69, 9.17) is 0 Å². The number of carbonyl (C=O) groups excluding carboxylic acids is 2. The molecule has 0 aliphatic carbocycles. The molecule has 0 aromatic heterocycles. The van der Waals surface area contributed by atoms with Crippen LogP contribution >= 0.6 is 0 Å². The number of amides is 2. The molecule has 7 heteroatoms. The Bertz CT molecular complexity index is 817. The average Bonchev–Trinajstić information content (AvgIpc) is 2.71. The van der Waals surface area contributed by atoms with Crippen LogP contribution in [0.4, 0.5) is 8.78 Å². The number of hydrogen-bond acceptors (Lipinski definition) is 3. The Morgan fingerprint density at radius 2 is 1.68 bits per heavy atom. The summed E-state index contributed by atoms with van der Waals surface area (Å²) in [4.78, 5) is 25.9. The van der Waals surface area contributed by atoms with E-state index in [1.165, 1.54) is 0 Å². The molecule has 1 saturated heterocycles. The topological polar surface area (TPSA) is 69.6 Å². The number of nitrogens with zero attached hydrogens (tertiary/aromatic N) is 1. The summed E-state index contributed by atoms with van der Waals surface area (Å²) in [5.41, 5.74) is 0.692. The Balaban J connectivity index is 1.48. The molecule has 2 amide bonds. The van der Waals surface area contributed by atoms with Crippen molar-refractivity contribution in [1.82, 2.24) is 10.2 Å². The molecule has 28 heavy (non-hydrogen) atoms. The maximum absolute atomic E-state index is 13.2. The zero-order valence-corrected chi connectivity index (χ0v) is 15.3. The molecule has 0 radical (unpaired) electrons. The maximum atomic E-state index is 13.2. The third-order valence-corrected chi connectivity index (χ3v) is 5.00. The van der Waals surface area contributed by atoms with Crippen molar-refractivity contribution in [3.63, 3.8) is 0 Å². The van der Waals surface area contributed by atoms with Crippen LogP contribution < -0.4 is 5.32 Å². The van der Waals surface area contributed by atoms with Crippen LogP contribution in [0.15, 0.2) is 48.5 Å². The van der Waals surface area contributed by atoms with E-state index < -0.39 is 23.6 Å². The lowest BCUT2D eigenvalue weighted by Crippen LogP contribution is -2.44. The molecule has 1 aliphatic rings. The first-order chi connectivity index (χ1) is 13.4. The molecule has 148 valence electrons.